The molecule has 22 heavy (non-hydrogen) atoms. The van der Waals surface area contributed by atoms with Gasteiger partial charge in [0.05, 0.1) is 7.11 Å². The molecule has 0 saturated carbocycles. The van der Waals surface area contributed by atoms with Crippen molar-refractivity contribution >= 4 is 17.5 Å². The molecule has 2 aliphatic rings. The highest BCUT2D eigenvalue weighted by Crippen LogP contribution is 2.41. The Hall–Kier alpha value is -1.84. The summed E-state index contributed by atoms with van der Waals surface area (Å²) in [7, 11) is 1.60. The van der Waals surface area contributed by atoms with Crippen molar-refractivity contribution in [2.45, 2.75) is 25.7 Å². The van der Waals surface area contributed by atoms with E-state index in [1.54, 1.807) is 13.2 Å². The number of hydrogen-bond donors (Lipinski definition) is 1. The lowest BCUT2D eigenvalue weighted by Crippen LogP contribution is -2.45. The highest BCUT2D eigenvalue weighted by Gasteiger charge is 2.35. The molecule has 1 N–H and O–H groups in total. The first kappa shape index (κ1) is 15.1. The molecular formula is C17H23N3O2. The van der Waals surface area contributed by atoms with E-state index in [4.69, 9.17) is 4.74 Å². The summed E-state index contributed by atoms with van der Waals surface area (Å²) in [5, 5.41) is 3.46. The van der Waals surface area contributed by atoms with Crippen LogP contribution in [0.2, 0.25) is 0 Å². The van der Waals surface area contributed by atoms with Crippen LogP contribution in [0, 0.1) is 5.41 Å². The van der Waals surface area contributed by atoms with E-state index in [-0.39, 0.29) is 0 Å². The molecule has 2 heterocycles. The standard InChI is InChI=1S/C17H23N3O2/c1-22-16-12-14(2-3-15(16)19-13-21)20-10-6-17(7-11-20)4-8-18-9-5-17/h2-3,12,18H,4-11H2,1H3. The summed E-state index contributed by atoms with van der Waals surface area (Å²) < 4.78 is 5.33. The van der Waals surface area contributed by atoms with Crippen molar-refractivity contribution in [1.82, 2.24) is 5.32 Å². The molecule has 0 atom stereocenters. The molecule has 3 rings (SSSR count). The van der Waals surface area contributed by atoms with Crippen molar-refractivity contribution in [3.05, 3.63) is 18.2 Å². The van der Waals surface area contributed by atoms with Crippen molar-refractivity contribution in [3.63, 3.8) is 0 Å². The van der Waals surface area contributed by atoms with Crippen LogP contribution in [0.3, 0.4) is 0 Å². The first-order chi connectivity index (χ1) is 10.8. The number of ether oxygens (including phenoxy) is 1. The lowest BCUT2D eigenvalue weighted by Gasteiger charge is -2.45. The normalized spacial score (nSPS) is 20.5. The zero-order valence-electron chi connectivity index (χ0n) is 13.1. The zero-order valence-corrected chi connectivity index (χ0v) is 13.1. The molecule has 1 aromatic rings. The second-order valence-electron chi connectivity index (χ2n) is 6.30. The van der Waals surface area contributed by atoms with Gasteiger partial charge in [-0.15, -0.1) is 0 Å². The maximum Gasteiger partial charge on any atom is 0.240 e. The second kappa shape index (κ2) is 6.51. The van der Waals surface area contributed by atoms with Crippen molar-refractivity contribution in [2.75, 3.05) is 38.2 Å². The topological polar surface area (TPSA) is 53.9 Å². The van der Waals surface area contributed by atoms with Gasteiger partial charge in [0, 0.05) is 24.8 Å². The van der Waals surface area contributed by atoms with Crippen molar-refractivity contribution in [1.29, 1.82) is 0 Å². The molecule has 0 radical (unpaired) electrons. The summed E-state index contributed by atoms with van der Waals surface area (Å²) in [5.41, 5.74) is 2.23. The van der Waals surface area contributed by atoms with Crippen LogP contribution in [0.4, 0.5) is 11.4 Å². The predicted octanol–water partition coefficient (Wildman–Crippen LogP) is 2.63. The zero-order chi connectivity index (χ0) is 15.4. The summed E-state index contributed by atoms with van der Waals surface area (Å²) in [4.78, 5) is 16.5. The van der Waals surface area contributed by atoms with Crippen LogP contribution < -0.4 is 15.0 Å². The number of isocyanates is 1. The Morgan fingerprint density at radius 1 is 1.23 bits per heavy atom. The maximum atomic E-state index is 10.4. The van der Waals surface area contributed by atoms with Crippen LogP contribution in [0.5, 0.6) is 5.75 Å². The van der Waals surface area contributed by atoms with E-state index >= 15 is 0 Å². The fourth-order valence-corrected chi connectivity index (χ4v) is 3.70. The SMILES string of the molecule is COc1cc(N2CCC3(CCNCC3)CC2)ccc1N=C=O. The molecule has 0 bridgehead atoms. The van der Waals surface area contributed by atoms with Crippen LogP contribution >= 0.6 is 0 Å². The molecule has 2 aliphatic heterocycles. The molecule has 0 aliphatic carbocycles. The summed E-state index contributed by atoms with van der Waals surface area (Å²) in [6.45, 7) is 4.48. The molecule has 5 nitrogen and oxygen atoms in total. The molecule has 0 amide bonds. The number of benzene rings is 1. The number of methoxy groups -OCH3 is 1. The average molecular weight is 301 g/mol. The Balaban J connectivity index is 1.72. The minimum atomic E-state index is 0.535. The van der Waals surface area contributed by atoms with E-state index in [0.717, 1.165) is 31.9 Å². The van der Waals surface area contributed by atoms with Crippen molar-refractivity contribution < 1.29 is 9.53 Å². The number of rotatable bonds is 3. The van der Waals surface area contributed by atoms with Gasteiger partial charge in [-0.05, 0) is 56.3 Å². The van der Waals surface area contributed by atoms with Gasteiger partial charge in [0.1, 0.15) is 11.4 Å². The second-order valence-corrected chi connectivity index (χ2v) is 6.30. The van der Waals surface area contributed by atoms with Gasteiger partial charge in [-0.1, -0.05) is 0 Å². The lowest BCUT2D eigenvalue weighted by atomic mass is 9.71. The Bertz CT molecular complexity index is 565. The van der Waals surface area contributed by atoms with E-state index < -0.39 is 0 Å². The quantitative estimate of drug-likeness (QED) is 0.689. The molecule has 1 spiro atoms. The predicted molar refractivity (Wildman–Crippen MR) is 86.8 cm³/mol. The van der Waals surface area contributed by atoms with Crippen LogP contribution in [0.1, 0.15) is 25.7 Å². The Morgan fingerprint density at radius 2 is 1.95 bits per heavy atom. The number of nitrogens with zero attached hydrogens (tertiary/aromatic N) is 2. The van der Waals surface area contributed by atoms with Crippen LogP contribution in [-0.2, 0) is 4.79 Å². The molecule has 1 aromatic carbocycles. The third-order valence-corrected chi connectivity index (χ3v) is 5.18. The van der Waals surface area contributed by atoms with Crippen LogP contribution in [0.25, 0.3) is 0 Å². The highest BCUT2D eigenvalue weighted by atomic mass is 16.5. The summed E-state index contributed by atoms with van der Waals surface area (Å²) in [6.07, 6.45) is 6.69. The Kier molecular flexibility index (Phi) is 4.46. The number of nitrogens with one attached hydrogen (secondary N) is 1. The summed E-state index contributed by atoms with van der Waals surface area (Å²) in [5.74, 6) is 0.628. The van der Waals surface area contributed by atoms with Gasteiger partial charge in [0.2, 0.25) is 6.08 Å². The van der Waals surface area contributed by atoms with E-state index in [9.17, 15) is 4.79 Å². The first-order valence-electron chi connectivity index (χ1n) is 7.98. The molecule has 118 valence electrons. The summed E-state index contributed by atoms with van der Waals surface area (Å²) in [6, 6.07) is 5.81. The third kappa shape index (κ3) is 3.01. The number of hydrogen-bond acceptors (Lipinski definition) is 5. The van der Waals surface area contributed by atoms with Gasteiger partial charge >= 0.3 is 0 Å². The largest absolute Gasteiger partial charge is 0.494 e. The van der Waals surface area contributed by atoms with Gasteiger partial charge in [0.15, 0.2) is 0 Å². The van der Waals surface area contributed by atoms with Gasteiger partial charge in [-0.2, -0.15) is 4.99 Å². The minimum absolute atomic E-state index is 0.535. The number of piperidine rings is 2. The van der Waals surface area contributed by atoms with Crippen molar-refractivity contribution in [3.8, 4) is 5.75 Å². The molecule has 2 saturated heterocycles. The third-order valence-electron chi connectivity index (χ3n) is 5.18. The number of aliphatic imine (C=N–C) groups is 1. The molecular weight excluding hydrogens is 278 g/mol. The summed E-state index contributed by atoms with van der Waals surface area (Å²) >= 11 is 0. The van der Waals surface area contributed by atoms with Gasteiger partial charge < -0.3 is 15.0 Å². The van der Waals surface area contributed by atoms with Crippen LogP contribution in [-0.4, -0.2) is 39.4 Å². The van der Waals surface area contributed by atoms with Gasteiger partial charge in [-0.25, -0.2) is 4.79 Å². The highest BCUT2D eigenvalue weighted by molar-refractivity contribution is 5.64. The Labute approximate surface area is 131 Å². The maximum absolute atomic E-state index is 10.4. The van der Waals surface area contributed by atoms with Gasteiger partial charge in [0.25, 0.3) is 0 Å². The smallest absolute Gasteiger partial charge is 0.240 e. The molecule has 2 fully saturated rings. The number of anilines is 1. The first-order valence-corrected chi connectivity index (χ1v) is 7.98. The fraction of sp³-hybridized carbons (Fsp3) is 0.588. The Morgan fingerprint density at radius 3 is 2.59 bits per heavy atom. The van der Waals surface area contributed by atoms with E-state index in [1.165, 1.54) is 25.7 Å². The van der Waals surface area contributed by atoms with E-state index in [1.807, 2.05) is 18.2 Å². The number of carbonyl (C=O) groups excluding carboxylic acids is 1. The van der Waals surface area contributed by atoms with E-state index in [0.29, 0.717) is 16.9 Å². The minimum Gasteiger partial charge on any atom is -0.494 e. The molecule has 0 aromatic heterocycles. The van der Waals surface area contributed by atoms with Gasteiger partial charge in [-0.3, -0.25) is 0 Å². The van der Waals surface area contributed by atoms with E-state index in [2.05, 4.69) is 15.2 Å². The van der Waals surface area contributed by atoms with Crippen LogP contribution in [0.15, 0.2) is 23.2 Å². The van der Waals surface area contributed by atoms with Crippen molar-refractivity contribution in [2.24, 2.45) is 10.4 Å². The lowest BCUT2D eigenvalue weighted by molar-refractivity contribution is 0.155. The molecule has 0 unspecified atom stereocenters. The monoisotopic (exact) mass is 301 g/mol. The molecule has 5 heteroatoms. The average Bonchev–Trinajstić information content (AvgIpc) is 2.57. The fourth-order valence-electron chi connectivity index (χ4n) is 3.70.